The molecule has 0 saturated heterocycles. The second-order valence-electron chi connectivity index (χ2n) is 4.93. The Bertz CT molecular complexity index is 867. The molecule has 0 bridgehead atoms. The zero-order valence-electron chi connectivity index (χ0n) is 12.1. The van der Waals surface area contributed by atoms with Crippen LogP contribution in [0.1, 0.15) is 11.1 Å². The molecule has 0 atom stereocenters. The number of hydrogen-bond donors (Lipinski definition) is 0. The molecule has 3 rings (SSSR count). The minimum absolute atomic E-state index is 0.311. The third kappa shape index (κ3) is 2.18. The van der Waals surface area contributed by atoms with Gasteiger partial charge in [-0.3, -0.25) is 4.98 Å². The third-order valence-electron chi connectivity index (χ3n) is 3.75. The van der Waals surface area contributed by atoms with Gasteiger partial charge in [0.25, 0.3) is 0 Å². The highest BCUT2D eigenvalue weighted by Crippen LogP contribution is 2.34. The van der Waals surface area contributed by atoms with E-state index in [1.807, 2.05) is 31.2 Å². The van der Waals surface area contributed by atoms with Crippen molar-refractivity contribution in [2.24, 2.45) is 0 Å². The SMILES string of the molecule is COc1cc(-c2ccncc2)cc2oc(=O)c(C)c(C)c12. The molecule has 0 N–H and O–H groups in total. The van der Waals surface area contributed by atoms with Gasteiger partial charge in [0.2, 0.25) is 0 Å². The number of ether oxygens (including phenoxy) is 1. The lowest BCUT2D eigenvalue weighted by Gasteiger charge is -2.11. The van der Waals surface area contributed by atoms with E-state index in [4.69, 9.17) is 9.15 Å². The molecule has 0 aliphatic carbocycles. The van der Waals surface area contributed by atoms with E-state index in [2.05, 4.69) is 4.98 Å². The van der Waals surface area contributed by atoms with Crippen LogP contribution in [0, 0.1) is 13.8 Å². The van der Waals surface area contributed by atoms with Gasteiger partial charge in [0.1, 0.15) is 11.3 Å². The minimum Gasteiger partial charge on any atom is -0.496 e. The van der Waals surface area contributed by atoms with Crippen LogP contribution in [0.4, 0.5) is 0 Å². The van der Waals surface area contributed by atoms with E-state index >= 15 is 0 Å². The second-order valence-corrected chi connectivity index (χ2v) is 4.93. The van der Waals surface area contributed by atoms with E-state index in [1.54, 1.807) is 26.4 Å². The maximum atomic E-state index is 11.9. The number of methoxy groups -OCH3 is 1. The maximum Gasteiger partial charge on any atom is 0.339 e. The van der Waals surface area contributed by atoms with Gasteiger partial charge >= 0.3 is 5.63 Å². The van der Waals surface area contributed by atoms with Crippen molar-refractivity contribution in [2.45, 2.75) is 13.8 Å². The molecule has 0 amide bonds. The van der Waals surface area contributed by atoms with Crippen molar-refractivity contribution in [1.82, 2.24) is 4.98 Å². The standard InChI is InChI=1S/C17H15NO3/c1-10-11(2)17(19)21-15-9-13(8-14(20-3)16(10)15)12-4-6-18-7-5-12/h4-9H,1-3H3. The Morgan fingerprint density at radius 3 is 2.43 bits per heavy atom. The Morgan fingerprint density at radius 1 is 1.05 bits per heavy atom. The lowest BCUT2D eigenvalue weighted by molar-refractivity contribution is 0.418. The Hall–Kier alpha value is -2.62. The summed E-state index contributed by atoms with van der Waals surface area (Å²) in [5.41, 5.74) is 3.64. The first-order valence-corrected chi connectivity index (χ1v) is 6.64. The van der Waals surface area contributed by atoms with Crippen molar-refractivity contribution in [3.8, 4) is 16.9 Å². The molecule has 2 heterocycles. The summed E-state index contributed by atoms with van der Waals surface area (Å²) >= 11 is 0. The molecule has 0 unspecified atom stereocenters. The molecule has 0 saturated carbocycles. The van der Waals surface area contributed by atoms with E-state index in [0.29, 0.717) is 16.9 Å². The Kier molecular flexibility index (Phi) is 3.22. The highest BCUT2D eigenvalue weighted by atomic mass is 16.5. The number of hydrogen-bond acceptors (Lipinski definition) is 4. The van der Waals surface area contributed by atoms with Gasteiger partial charge in [0.15, 0.2) is 0 Å². The highest BCUT2D eigenvalue weighted by molar-refractivity contribution is 5.91. The summed E-state index contributed by atoms with van der Waals surface area (Å²) in [6.45, 7) is 3.67. The second kappa shape index (κ2) is 5.05. The molecule has 0 aliphatic rings. The largest absolute Gasteiger partial charge is 0.496 e. The van der Waals surface area contributed by atoms with E-state index in [-0.39, 0.29) is 5.63 Å². The zero-order chi connectivity index (χ0) is 15.0. The molecule has 0 aliphatic heterocycles. The summed E-state index contributed by atoms with van der Waals surface area (Å²) in [5.74, 6) is 0.698. The minimum atomic E-state index is -0.311. The summed E-state index contributed by atoms with van der Waals surface area (Å²) in [4.78, 5) is 15.9. The number of fused-ring (bicyclic) bond motifs is 1. The predicted octanol–water partition coefficient (Wildman–Crippen LogP) is 3.48. The smallest absolute Gasteiger partial charge is 0.339 e. The Labute approximate surface area is 122 Å². The number of aryl methyl sites for hydroxylation is 1. The van der Waals surface area contributed by atoms with Gasteiger partial charge in [-0.2, -0.15) is 0 Å². The first-order chi connectivity index (χ1) is 10.1. The van der Waals surface area contributed by atoms with Crippen molar-refractivity contribution in [3.63, 3.8) is 0 Å². The highest BCUT2D eigenvalue weighted by Gasteiger charge is 2.14. The Balaban J connectivity index is 2.38. The molecule has 3 aromatic rings. The molecule has 106 valence electrons. The number of nitrogens with zero attached hydrogens (tertiary/aromatic N) is 1. The predicted molar refractivity (Wildman–Crippen MR) is 81.7 cm³/mol. The fourth-order valence-electron chi connectivity index (χ4n) is 2.43. The summed E-state index contributed by atoms with van der Waals surface area (Å²) in [5, 5.41) is 0.840. The molecule has 0 radical (unpaired) electrons. The monoisotopic (exact) mass is 281 g/mol. The van der Waals surface area contributed by atoms with Crippen LogP contribution < -0.4 is 10.4 Å². The van der Waals surface area contributed by atoms with Gasteiger partial charge < -0.3 is 9.15 Å². The number of benzene rings is 1. The first kappa shape index (κ1) is 13.4. The molecule has 1 aromatic carbocycles. The van der Waals surface area contributed by atoms with Crippen LogP contribution in [0.3, 0.4) is 0 Å². The van der Waals surface area contributed by atoms with Gasteiger partial charge in [-0.15, -0.1) is 0 Å². The zero-order valence-corrected chi connectivity index (χ0v) is 12.1. The molecule has 0 fully saturated rings. The van der Waals surface area contributed by atoms with Crippen LogP contribution >= 0.6 is 0 Å². The topological polar surface area (TPSA) is 52.3 Å². The van der Waals surface area contributed by atoms with Crippen LogP contribution in [-0.4, -0.2) is 12.1 Å². The van der Waals surface area contributed by atoms with Crippen molar-refractivity contribution in [2.75, 3.05) is 7.11 Å². The normalized spacial score (nSPS) is 10.8. The molecular weight excluding hydrogens is 266 g/mol. The van der Waals surface area contributed by atoms with Gasteiger partial charge in [-0.1, -0.05) is 0 Å². The van der Waals surface area contributed by atoms with Crippen LogP contribution in [-0.2, 0) is 0 Å². The summed E-state index contributed by atoms with van der Waals surface area (Å²) in [6.07, 6.45) is 3.45. The quantitative estimate of drug-likeness (QED) is 0.675. The van der Waals surface area contributed by atoms with E-state index in [1.165, 1.54) is 0 Å². The van der Waals surface area contributed by atoms with Gasteiger partial charge in [-0.25, -0.2) is 4.79 Å². The average molecular weight is 281 g/mol. The van der Waals surface area contributed by atoms with Crippen LogP contribution in [0.25, 0.3) is 22.1 Å². The number of rotatable bonds is 2. The van der Waals surface area contributed by atoms with Gasteiger partial charge in [0, 0.05) is 18.0 Å². The summed E-state index contributed by atoms with van der Waals surface area (Å²) < 4.78 is 10.9. The lowest BCUT2D eigenvalue weighted by atomic mass is 10.0. The first-order valence-electron chi connectivity index (χ1n) is 6.64. The number of aromatic nitrogens is 1. The van der Waals surface area contributed by atoms with E-state index in [0.717, 1.165) is 22.1 Å². The third-order valence-corrected chi connectivity index (χ3v) is 3.75. The molecular formula is C17H15NO3. The van der Waals surface area contributed by atoms with E-state index < -0.39 is 0 Å². The van der Waals surface area contributed by atoms with Gasteiger partial charge in [-0.05, 0) is 54.8 Å². The molecule has 4 heteroatoms. The van der Waals surface area contributed by atoms with Crippen molar-refractivity contribution < 1.29 is 9.15 Å². The molecule has 0 spiro atoms. The van der Waals surface area contributed by atoms with Crippen LogP contribution in [0.2, 0.25) is 0 Å². The maximum absolute atomic E-state index is 11.9. The average Bonchev–Trinajstić information content (AvgIpc) is 2.52. The molecule has 21 heavy (non-hydrogen) atoms. The fourth-order valence-corrected chi connectivity index (χ4v) is 2.43. The summed E-state index contributed by atoms with van der Waals surface area (Å²) in [6, 6.07) is 7.62. The lowest BCUT2D eigenvalue weighted by Crippen LogP contribution is -2.06. The molecule has 2 aromatic heterocycles. The van der Waals surface area contributed by atoms with E-state index in [9.17, 15) is 4.79 Å². The molecule has 4 nitrogen and oxygen atoms in total. The van der Waals surface area contributed by atoms with Crippen molar-refractivity contribution in [3.05, 3.63) is 58.2 Å². The Morgan fingerprint density at radius 2 is 1.76 bits per heavy atom. The van der Waals surface area contributed by atoms with Crippen LogP contribution in [0.15, 0.2) is 45.9 Å². The fraction of sp³-hybridized carbons (Fsp3) is 0.176. The summed E-state index contributed by atoms with van der Waals surface area (Å²) in [7, 11) is 1.62. The van der Waals surface area contributed by atoms with Crippen LogP contribution in [0.5, 0.6) is 5.75 Å². The van der Waals surface area contributed by atoms with Crippen molar-refractivity contribution in [1.29, 1.82) is 0 Å². The van der Waals surface area contributed by atoms with Gasteiger partial charge in [0.05, 0.1) is 12.5 Å². The number of pyridine rings is 1. The van der Waals surface area contributed by atoms with Crippen molar-refractivity contribution >= 4 is 11.0 Å².